The highest BCUT2D eigenvalue weighted by Crippen LogP contribution is 2.23. The lowest BCUT2D eigenvalue weighted by molar-refractivity contribution is -0.143. The van der Waals surface area contributed by atoms with E-state index < -0.39 is 11.5 Å². The number of rotatable bonds is 6. The predicted octanol–water partition coefficient (Wildman–Crippen LogP) is 2.15. The quantitative estimate of drug-likeness (QED) is 0.723. The lowest BCUT2D eigenvalue weighted by atomic mass is 9.87. The van der Waals surface area contributed by atoms with Crippen LogP contribution in [-0.4, -0.2) is 21.7 Å². The van der Waals surface area contributed by atoms with Gasteiger partial charge in [0.05, 0.1) is 0 Å². The van der Waals surface area contributed by atoms with Gasteiger partial charge in [0.15, 0.2) is 0 Å². The van der Waals surface area contributed by atoms with E-state index in [2.05, 4.69) is 0 Å². The third-order valence-corrected chi connectivity index (χ3v) is 3.16. The first kappa shape index (κ1) is 14.5. The molecule has 0 fully saturated rings. The van der Waals surface area contributed by atoms with Gasteiger partial charge in [-0.2, -0.15) is 0 Å². The molecule has 0 aliphatic heterocycles. The summed E-state index contributed by atoms with van der Waals surface area (Å²) < 4.78 is 0. The zero-order valence-corrected chi connectivity index (χ0v) is 10.9. The average molecular weight is 251 g/mol. The van der Waals surface area contributed by atoms with Gasteiger partial charge in [-0.25, -0.2) is 0 Å². The molecular formula is C14H21NO3. The second-order valence-electron chi connectivity index (χ2n) is 5.20. The number of para-hydroxylation sites is 1. The van der Waals surface area contributed by atoms with E-state index in [-0.39, 0.29) is 5.92 Å². The minimum atomic E-state index is -1.18. The number of phenolic OH excluding ortho intramolecular Hbond substituents is 1. The Balaban J connectivity index is 2.50. The van der Waals surface area contributed by atoms with E-state index in [0.717, 1.165) is 18.4 Å². The minimum absolute atomic E-state index is 0.190. The molecule has 1 aromatic rings. The Morgan fingerprint density at radius 3 is 2.61 bits per heavy atom. The molecule has 0 saturated carbocycles. The molecule has 4 N–H and O–H groups in total. The van der Waals surface area contributed by atoms with Crippen LogP contribution < -0.4 is 5.73 Å². The standard InChI is InChI=1S/C14H21NO3/c1-10(9-14(2,15)13(17)18)7-8-11-5-3-4-6-12(11)16/h3-6,10,16H,7-9,15H2,1-2H3,(H,17,18). The second-order valence-corrected chi connectivity index (χ2v) is 5.20. The molecule has 0 saturated heterocycles. The molecule has 100 valence electrons. The van der Waals surface area contributed by atoms with E-state index in [1.165, 1.54) is 6.92 Å². The molecule has 0 aliphatic rings. The van der Waals surface area contributed by atoms with Crippen LogP contribution in [0.2, 0.25) is 0 Å². The van der Waals surface area contributed by atoms with Crippen molar-refractivity contribution < 1.29 is 15.0 Å². The van der Waals surface area contributed by atoms with Crippen molar-refractivity contribution in [1.82, 2.24) is 0 Å². The van der Waals surface area contributed by atoms with E-state index in [1.807, 2.05) is 19.1 Å². The summed E-state index contributed by atoms with van der Waals surface area (Å²) in [6.07, 6.45) is 1.96. The number of nitrogens with two attached hydrogens (primary N) is 1. The van der Waals surface area contributed by atoms with Gasteiger partial charge in [-0.05, 0) is 43.7 Å². The molecule has 0 spiro atoms. The Bertz CT molecular complexity index is 415. The molecule has 2 atom stereocenters. The van der Waals surface area contributed by atoms with Crippen LogP contribution in [-0.2, 0) is 11.2 Å². The van der Waals surface area contributed by atoms with Gasteiger partial charge >= 0.3 is 5.97 Å². The van der Waals surface area contributed by atoms with Gasteiger partial charge in [-0.15, -0.1) is 0 Å². The van der Waals surface area contributed by atoms with Crippen LogP contribution in [0, 0.1) is 5.92 Å². The SMILES string of the molecule is CC(CCc1ccccc1O)CC(C)(N)C(=O)O. The Morgan fingerprint density at radius 1 is 1.44 bits per heavy atom. The molecule has 4 heteroatoms. The van der Waals surface area contributed by atoms with Crippen molar-refractivity contribution in [2.45, 2.75) is 38.6 Å². The molecule has 0 bridgehead atoms. The summed E-state index contributed by atoms with van der Waals surface area (Å²) in [5, 5.41) is 18.6. The number of carbonyl (C=O) groups is 1. The number of carboxylic acids is 1. The maximum Gasteiger partial charge on any atom is 0.323 e. The van der Waals surface area contributed by atoms with Crippen LogP contribution in [0.4, 0.5) is 0 Å². The fourth-order valence-electron chi connectivity index (χ4n) is 2.04. The number of aromatic hydroxyl groups is 1. The fraction of sp³-hybridized carbons (Fsp3) is 0.500. The summed E-state index contributed by atoms with van der Waals surface area (Å²) in [5.41, 5.74) is 5.42. The van der Waals surface area contributed by atoms with Crippen LogP contribution in [0.25, 0.3) is 0 Å². The molecule has 2 unspecified atom stereocenters. The molecule has 0 amide bonds. The Morgan fingerprint density at radius 2 is 2.06 bits per heavy atom. The topological polar surface area (TPSA) is 83.5 Å². The number of aryl methyl sites for hydroxylation is 1. The minimum Gasteiger partial charge on any atom is -0.508 e. The Kier molecular flexibility index (Phi) is 4.73. The number of hydrogen-bond donors (Lipinski definition) is 3. The van der Waals surface area contributed by atoms with Crippen molar-refractivity contribution in [3.63, 3.8) is 0 Å². The summed E-state index contributed by atoms with van der Waals surface area (Å²) >= 11 is 0. The fourth-order valence-corrected chi connectivity index (χ4v) is 2.04. The lowest BCUT2D eigenvalue weighted by Crippen LogP contribution is -2.46. The average Bonchev–Trinajstić information content (AvgIpc) is 2.27. The summed E-state index contributed by atoms with van der Waals surface area (Å²) in [6.45, 7) is 3.51. The molecule has 1 rings (SSSR count). The molecule has 18 heavy (non-hydrogen) atoms. The zero-order chi connectivity index (χ0) is 13.8. The van der Waals surface area contributed by atoms with Crippen molar-refractivity contribution in [3.05, 3.63) is 29.8 Å². The lowest BCUT2D eigenvalue weighted by Gasteiger charge is -2.23. The van der Waals surface area contributed by atoms with E-state index in [9.17, 15) is 9.90 Å². The van der Waals surface area contributed by atoms with Gasteiger partial charge < -0.3 is 15.9 Å². The third kappa shape index (κ3) is 4.04. The number of aliphatic carboxylic acids is 1. The maximum absolute atomic E-state index is 10.9. The predicted molar refractivity (Wildman–Crippen MR) is 70.4 cm³/mol. The molecular weight excluding hydrogens is 230 g/mol. The van der Waals surface area contributed by atoms with Crippen LogP contribution in [0.3, 0.4) is 0 Å². The van der Waals surface area contributed by atoms with Crippen molar-refractivity contribution >= 4 is 5.97 Å². The van der Waals surface area contributed by atoms with Crippen molar-refractivity contribution in [2.24, 2.45) is 11.7 Å². The van der Waals surface area contributed by atoms with Crippen molar-refractivity contribution in [1.29, 1.82) is 0 Å². The highest BCUT2D eigenvalue weighted by atomic mass is 16.4. The van der Waals surface area contributed by atoms with E-state index in [1.54, 1.807) is 12.1 Å². The van der Waals surface area contributed by atoms with Gasteiger partial charge in [0.25, 0.3) is 0 Å². The number of hydrogen-bond acceptors (Lipinski definition) is 3. The van der Waals surface area contributed by atoms with Gasteiger partial charge in [-0.1, -0.05) is 25.1 Å². The Labute approximate surface area is 107 Å². The molecule has 1 aromatic carbocycles. The van der Waals surface area contributed by atoms with Crippen molar-refractivity contribution in [3.8, 4) is 5.75 Å². The normalized spacial score (nSPS) is 15.9. The van der Waals surface area contributed by atoms with E-state index >= 15 is 0 Å². The third-order valence-electron chi connectivity index (χ3n) is 3.16. The smallest absolute Gasteiger partial charge is 0.323 e. The van der Waals surface area contributed by atoms with Crippen molar-refractivity contribution in [2.75, 3.05) is 0 Å². The van der Waals surface area contributed by atoms with Crippen LogP contribution in [0.15, 0.2) is 24.3 Å². The van der Waals surface area contributed by atoms with Crippen LogP contribution in [0.1, 0.15) is 32.3 Å². The van der Waals surface area contributed by atoms with Gasteiger partial charge in [0.1, 0.15) is 11.3 Å². The molecule has 0 radical (unpaired) electrons. The first-order valence-electron chi connectivity index (χ1n) is 6.12. The first-order valence-corrected chi connectivity index (χ1v) is 6.12. The van der Waals surface area contributed by atoms with Crippen LogP contribution >= 0.6 is 0 Å². The second kappa shape index (κ2) is 5.87. The monoisotopic (exact) mass is 251 g/mol. The highest BCUT2D eigenvalue weighted by molar-refractivity contribution is 5.77. The maximum atomic E-state index is 10.9. The van der Waals surface area contributed by atoms with E-state index in [4.69, 9.17) is 10.8 Å². The van der Waals surface area contributed by atoms with Gasteiger partial charge in [0, 0.05) is 0 Å². The molecule has 4 nitrogen and oxygen atoms in total. The summed E-state index contributed by atoms with van der Waals surface area (Å²) in [5.74, 6) is -0.494. The largest absolute Gasteiger partial charge is 0.508 e. The summed E-state index contributed by atoms with van der Waals surface area (Å²) in [4.78, 5) is 10.9. The number of phenols is 1. The molecule has 0 heterocycles. The summed E-state index contributed by atoms with van der Waals surface area (Å²) in [7, 11) is 0. The van der Waals surface area contributed by atoms with Gasteiger partial charge in [0.2, 0.25) is 0 Å². The summed E-state index contributed by atoms with van der Waals surface area (Å²) in [6, 6.07) is 7.19. The zero-order valence-electron chi connectivity index (χ0n) is 10.9. The first-order chi connectivity index (χ1) is 8.33. The van der Waals surface area contributed by atoms with Gasteiger partial charge in [-0.3, -0.25) is 4.79 Å². The highest BCUT2D eigenvalue weighted by Gasteiger charge is 2.29. The van der Waals surface area contributed by atoms with E-state index in [0.29, 0.717) is 12.2 Å². The Hall–Kier alpha value is -1.55. The number of carboxylic acid groups (broad SMARTS) is 1. The molecule has 0 aliphatic carbocycles. The van der Waals surface area contributed by atoms with Crippen LogP contribution in [0.5, 0.6) is 5.75 Å². The molecule has 0 aromatic heterocycles. The number of benzene rings is 1.